The smallest absolute Gasteiger partial charge is 0.335 e. The predicted octanol–water partition coefficient (Wildman–Crippen LogP) is 10.1. The van der Waals surface area contributed by atoms with Crippen molar-refractivity contribution in [2.75, 3.05) is 13.7 Å². The van der Waals surface area contributed by atoms with E-state index in [9.17, 15) is 29.7 Å². The van der Waals surface area contributed by atoms with Gasteiger partial charge in [0.15, 0.2) is 28.6 Å². The fraction of sp³-hybridized carbons (Fsp3) is 0.500. The number of rotatable bonds is 6. The number of methoxy groups -OCH3 is 1. The van der Waals surface area contributed by atoms with Gasteiger partial charge in [-0.3, -0.25) is 9.59 Å². The van der Waals surface area contributed by atoms with Crippen LogP contribution in [0.1, 0.15) is 101 Å². The number of hydrogen-bond acceptors (Lipinski definition) is 10. The molecular weight excluding hydrogens is 911 g/mol. The number of Topliss-reactive ketones (excluding diaryl/α,β-unsaturated/α-hetero) is 1. The van der Waals surface area contributed by atoms with E-state index in [1.807, 2.05) is 12.1 Å². The third kappa shape index (κ3) is 7.74. The van der Waals surface area contributed by atoms with Gasteiger partial charge in [-0.1, -0.05) is 37.3 Å². The summed E-state index contributed by atoms with van der Waals surface area (Å²) in [4.78, 5) is 36.3. The molecule has 5 N–H and O–H groups in total. The first-order valence-corrected chi connectivity index (χ1v) is 25.0. The SMILES string of the molecule is CC1(C)O[C@@H]2C[C@H]3[C@@H]4C[C@H](F)C5=CC(=O)C=C[C@]5(C)[C@@]4(F)[C@@H](O)C[C@]3(C)[C@]2(C(=O)CO)O1.COc1ccc(-c2ccc3cc(C(=O)O)ccc3c2)cc1C12CC3CC(CC(C3)C1)C2.Oc1ccc(O)cc1. The van der Waals surface area contributed by atoms with Crippen molar-refractivity contribution >= 4 is 28.3 Å². The number of carbonyl (C=O) groups excluding carboxylic acids is 2. The number of ketones is 2. The average Bonchev–Trinajstić information content (AvgIpc) is 3.75. The average molecular weight is 975 g/mol. The second-order valence-electron chi connectivity index (χ2n) is 22.7. The number of halogens is 2. The fourth-order valence-electron chi connectivity index (χ4n) is 15.7. The summed E-state index contributed by atoms with van der Waals surface area (Å²) in [6, 6.07) is 24.1. The number of carbonyl (C=O) groups is 3. The summed E-state index contributed by atoms with van der Waals surface area (Å²) in [5.41, 5.74) is -1.89. The van der Waals surface area contributed by atoms with E-state index in [2.05, 4.69) is 30.3 Å². The van der Waals surface area contributed by atoms with Crippen molar-refractivity contribution in [3.05, 3.63) is 114 Å². The Morgan fingerprint density at radius 1 is 0.775 bits per heavy atom. The van der Waals surface area contributed by atoms with Gasteiger partial charge in [-0.2, -0.15) is 0 Å². The minimum Gasteiger partial charge on any atom is -0.508 e. The minimum atomic E-state index is -2.24. The summed E-state index contributed by atoms with van der Waals surface area (Å²) in [5, 5.41) is 49.7. The van der Waals surface area contributed by atoms with E-state index in [1.165, 1.54) is 98.6 Å². The summed E-state index contributed by atoms with van der Waals surface area (Å²) in [6.45, 7) is 5.87. The number of hydrogen-bond donors (Lipinski definition) is 5. The zero-order valence-corrected chi connectivity index (χ0v) is 40.9. The van der Waals surface area contributed by atoms with Crippen molar-refractivity contribution in [1.82, 2.24) is 0 Å². The number of phenolic OH excluding ortho intramolecular Hbond substituents is 2. The lowest BCUT2D eigenvalue weighted by Crippen LogP contribution is -2.71. The predicted molar refractivity (Wildman–Crippen MR) is 261 cm³/mol. The lowest BCUT2D eigenvalue weighted by Gasteiger charge is -2.63. The molecular formula is C58H64F2O11. The van der Waals surface area contributed by atoms with E-state index in [-0.39, 0.29) is 41.7 Å². The molecule has 9 atom stereocenters. The molecule has 9 aliphatic rings. The molecule has 13 rings (SSSR count). The summed E-state index contributed by atoms with van der Waals surface area (Å²) in [7, 11) is 1.80. The number of aromatic carboxylic acids is 1. The van der Waals surface area contributed by atoms with Crippen molar-refractivity contribution < 1.29 is 62.9 Å². The zero-order chi connectivity index (χ0) is 50.6. The Bertz CT molecular complexity index is 2800. The maximum Gasteiger partial charge on any atom is 0.335 e. The van der Waals surface area contributed by atoms with Crippen molar-refractivity contribution in [3.63, 3.8) is 0 Å². The molecule has 13 heteroatoms. The molecule has 0 radical (unpaired) electrons. The van der Waals surface area contributed by atoms with Gasteiger partial charge in [0.05, 0.1) is 24.9 Å². The molecule has 11 nitrogen and oxygen atoms in total. The second kappa shape index (κ2) is 17.3. The van der Waals surface area contributed by atoms with Crippen LogP contribution in [0, 0.1) is 40.4 Å². The molecule has 4 aromatic rings. The molecule has 0 spiro atoms. The van der Waals surface area contributed by atoms with Crippen molar-refractivity contribution in [3.8, 4) is 28.4 Å². The van der Waals surface area contributed by atoms with Crippen molar-refractivity contribution in [2.24, 2.45) is 40.4 Å². The fourth-order valence-corrected chi connectivity index (χ4v) is 15.7. The standard InChI is InChI=1S/C28H28O3.C24H30F2O6.C6H6O2/c1-31-26-7-6-23(21-2-3-22-12-24(27(29)30)5-4-20(22)11-21)13-25(26)28-14-17-8-18(15-28)10-19(9-17)16-28;1-20(2)31-19-9-13-14-8-16(25)15-7-12(28)5-6-21(15,3)23(14,26)17(29)10-22(13,4)24(19,32-20)18(30)11-27;7-5-1-2-6(8)4-3-5/h2-7,11-13,17-19H,8-10,14-16H2,1H3,(H,29,30);5-7,13-14,16-17,19,27,29H,8-11H2,1-4H3;1-4,7-8H/t;13-,14-,16-,17-,19+,21-,22-,23-,24+;/m.0./s1. The van der Waals surface area contributed by atoms with Crippen LogP contribution >= 0.6 is 0 Å². The lowest BCUT2D eigenvalue weighted by molar-refractivity contribution is -0.248. The van der Waals surface area contributed by atoms with E-state index in [4.69, 9.17) is 24.4 Å². The third-order valence-electron chi connectivity index (χ3n) is 18.3. The number of aliphatic hydroxyl groups excluding tert-OH is 2. The molecule has 0 unspecified atom stereocenters. The van der Waals surface area contributed by atoms with Crippen LogP contribution < -0.4 is 4.74 Å². The molecule has 1 saturated heterocycles. The number of phenols is 2. The maximum absolute atomic E-state index is 17.1. The van der Waals surface area contributed by atoms with E-state index in [1.54, 1.807) is 40.0 Å². The Morgan fingerprint density at radius 3 is 1.97 bits per heavy atom. The van der Waals surface area contributed by atoms with E-state index >= 15 is 8.78 Å². The van der Waals surface area contributed by atoms with Crippen LogP contribution in [0.25, 0.3) is 21.9 Å². The van der Waals surface area contributed by atoms with Crippen molar-refractivity contribution in [2.45, 2.75) is 126 Å². The Kier molecular flexibility index (Phi) is 12.0. The first kappa shape index (κ1) is 49.1. The molecule has 0 aromatic heterocycles. The Morgan fingerprint density at radius 2 is 1.37 bits per heavy atom. The van der Waals surface area contributed by atoms with Gasteiger partial charge in [0.1, 0.15) is 30.0 Å². The molecule has 8 aliphatic carbocycles. The van der Waals surface area contributed by atoms with Crippen molar-refractivity contribution in [1.29, 1.82) is 0 Å². The summed E-state index contributed by atoms with van der Waals surface area (Å²) in [6.07, 6.45) is 8.10. The molecule has 71 heavy (non-hydrogen) atoms. The van der Waals surface area contributed by atoms with Gasteiger partial charge in [0, 0.05) is 22.3 Å². The van der Waals surface area contributed by atoms with Crippen LogP contribution in [-0.4, -0.2) is 92.2 Å². The maximum atomic E-state index is 17.1. The highest BCUT2D eigenvalue weighted by atomic mass is 19.1. The number of aromatic hydroxyl groups is 2. The highest BCUT2D eigenvalue weighted by Gasteiger charge is 2.80. The Hall–Kier alpha value is -5.47. The van der Waals surface area contributed by atoms with Gasteiger partial charge in [-0.05, 0) is 202 Å². The van der Waals surface area contributed by atoms with E-state index < -0.39 is 82.2 Å². The van der Waals surface area contributed by atoms with Gasteiger partial charge in [0.25, 0.3) is 0 Å². The summed E-state index contributed by atoms with van der Waals surface area (Å²) >= 11 is 0. The Balaban J connectivity index is 0.000000142. The topological polar surface area (TPSA) is 180 Å². The minimum absolute atomic E-state index is 0.0550. The number of fused-ring (bicyclic) bond motifs is 8. The first-order chi connectivity index (χ1) is 33.6. The molecule has 8 fully saturated rings. The number of carboxylic acid groups (broad SMARTS) is 1. The van der Waals surface area contributed by atoms with Crippen LogP contribution in [0.15, 0.2) is 103 Å². The van der Waals surface area contributed by atoms with Crippen LogP contribution in [0.3, 0.4) is 0 Å². The summed E-state index contributed by atoms with van der Waals surface area (Å²) in [5.74, 6) is -0.364. The largest absolute Gasteiger partial charge is 0.508 e. The number of carboxylic acids is 1. The summed E-state index contributed by atoms with van der Waals surface area (Å²) < 4.78 is 50.7. The second-order valence-corrected chi connectivity index (χ2v) is 22.7. The third-order valence-corrected chi connectivity index (χ3v) is 18.3. The molecule has 4 bridgehead atoms. The molecule has 4 aromatic carbocycles. The van der Waals surface area contributed by atoms with Gasteiger partial charge in [0.2, 0.25) is 0 Å². The lowest BCUT2D eigenvalue weighted by atomic mass is 9.44. The quantitative estimate of drug-likeness (QED) is 0.116. The van der Waals surface area contributed by atoms with Crippen LogP contribution in [-0.2, 0) is 24.5 Å². The number of aliphatic hydroxyl groups is 2. The highest BCUT2D eigenvalue weighted by molar-refractivity contribution is 6.01. The van der Waals surface area contributed by atoms with Crippen LogP contribution in [0.4, 0.5) is 8.78 Å². The van der Waals surface area contributed by atoms with Gasteiger partial charge >= 0.3 is 5.97 Å². The first-order valence-electron chi connectivity index (χ1n) is 25.0. The number of allylic oxidation sites excluding steroid dienone is 4. The molecule has 1 aliphatic heterocycles. The Labute approximate surface area is 412 Å². The number of alkyl halides is 2. The highest BCUT2D eigenvalue weighted by Crippen LogP contribution is 2.72. The molecule has 7 saturated carbocycles. The van der Waals surface area contributed by atoms with Crippen LogP contribution in [0.5, 0.6) is 17.2 Å². The van der Waals surface area contributed by atoms with Gasteiger partial charge in [-0.15, -0.1) is 0 Å². The number of benzene rings is 4. The van der Waals surface area contributed by atoms with E-state index in [0.717, 1.165) is 40.4 Å². The monoisotopic (exact) mass is 974 g/mol. The number of ether oxygens (including phenoxy) is 3. The van der Waals surface area contributed by atoms with E-state index in [0.29, 0.717) is 5.56 Å². The zero-order valence-electron chi connectivity index (χ0n) is 40.9. The molecule has 1 heterocycles. The normalized spacial score (nSPS) is 37.5. The van der Waals surface area contributed by atoms with Gasteiger partial charge < -0.3 is 39.7 Å². The van der Waals surface area contributed by atoms with Crippen LogP contribution in [0.2, 0.25) is 0 Å². The van der Waals surface area contributed by atoms with Gasteiger partial charge in [-0.25, -0.2) is 13.6 Å². The molecule has 0 amide bonds. The molecule has 376 valence electrons.